The number of aryl methyl sites for hydroxylation is 3. The van der Waals surface area contributed by atoms with Gasteiger partial charge in [-0.1, -0.05) is 48.0 Å². The van der Waals surface area contributed by atoms with Crippen LogP contribution in [-0.4, -0.2) is 19.1 Å². The molecule has 0 spiro atoms. The lowest BCUT2D eigenvalue weighted by Gasteiger charge is -2.10. The number of para-hydroxylation sites is 1. The van der Waals surface area contributed by atoms with E-state index in [9.17, 15) is 4.79 Å². The van der Waals surface area contributed by atoms with Crippen molar-refractivity contribution in [3.8, 4) is 5.75 Å². The molecule has 0 aromatic heterocycles. The zero-order valence-electron chi connectivity index (χ0n) is 14.7. The highest BCUT2D eigenvalue weighted by molar-refractivity contribution is 5.76. The zero-order valence-corrected chi connectivity index (χ0v) is 14.7. The molecule has 1 N–H and O–H groups in total. The fraction of sp³-hybridized carbons (Fsp3) is 0.381. The number of carbonyl (C=O) groups is 1. The van der Waals surface area contributed by atoms with Gasteiger partial charge >= 0.3 is 0 Å². The Balaban J connectivity index is 1.67. The summed E-state index contributed by atoms with van der Waals surface area (Å²) in [6.07, 6.45) is 3.16. The van der Waals surface area contributed by atoms with E-state index in [1.165, 1.54) is 16.7 Å². The Kier molecular flexibility index (Phi) is 7.34. The third kappa shape index (κ3) is 6.07. The van der Waals surface area contributed by atoms with E-state index in [4.69, 9.17) is 4.74 Å². The van der Waals surface area contributed by atoms with Crippen molar-refractivity contribution in [1.29, 1.82) is 0 Å². The van der Waals surface area contributed by atoms with E-state index in [-0.39, 0.29) is 5.91 Å². The monoisotopic (exact) mass is 325 g/mol. The molecule has 2 aromatic rings. The summed E-state index contributed by atoms with van der Waals surface area (Å²) < 4.78 is 5.62. The van der Waals surface area contributed by atoms with Crippen molar-refractivity contribution in [3.05, 3.63) is 65.2 Å². The summed E-state index contributed by atoms with van der Waals surface area (Å²) in [5.74, 6) is 1.07. The quantitative estimate of drug-likeness (QED) is 0.706. The first-order valence-electron chi connectivity index (χ1n) is 8.72. The number of rotatable bonds is 9. The molecule has 24 heavy (non-hydrogen) atoms. The third-order valence-electron chi connectivity index (χ3n) is 3.98. The number of amides is 1. The van der Waals surface area contributed by atoms with Gasteiger partial charge in [-0.05, 0) is 50.3 Å². The Morgan fingerprint density at radius 2 is 1.79 bits per heavy atom. The Bertz CT molecular complexity index is 635. The second-order valence-electron chi connectivity index (χ2n) is 5.98. The number of hydrogen-bond donors (Lipinski definition) is 1. The predicted molar refractivity (Wildman–Crippen MR) is 98.4 cm³/mol. The lowest BCUT2D eigenvalue weighted by Crippen LogP contribution is -2.25. The molecule has 128 valence electrons. The maximum Gasteiger partial charge on any atom is 0.220 e. The van der Waals surface area contributed by atoms with Crippen LogP contribution < -0.4 is 10.1 Å². The van der Waals surface area contributed by atoms with E-state index in [2.05, 4.69) is 42.6 Å². The van der Waals surface area contributed by atoms with E-state index < -0.39 is 0 Å². The van der Waals surface area contributed by atoms with Crippen LogP contribution in [0.3, 0.4) is 0 Å². The molecule has 0 unspecified atom stereocenters. The van der Waals surface area contributed by atoms with Gasteiger partial charge in [-0.3, -0.25) is 4.79 Å². The number of benzene rings is 2. The Morgan fingerprint density at radius 1 is 1.04 bits per heavy atom. The second kappa shape index (κ2) is 9.76. The topological polar surface area (TPSA) is 38.3 Å². The number of carbonyl (C=O) groups excluding carboxylic acids is 1. The lowest BCUT2D eigenvalue weighted by atomic mass is 10.1. The van der Waals surface area contributed by atoms with Crippen LogP contribution in [0.25, 0.3) is 0 Å². The van der Waals surface area contributed by atoms with Gasteiger partial charge in [0, 0.05) is 13.0 Å². The smallest absolute Gasteiger partial charge is 0.220 e. The Morgan fingerprint density at radius 3 is 2.54 bits per heavy atom. The molecule has 1 amide bonds. The van der Waals surface area contributed by atoms with Gasteiger partial charge in [0.2, 0.25) is 5.91 Å². The van der Waals surface area contributed by atoms with E-state index in [1.54, 1.807) is 0 Å². The molecule has 0 aliphatic heterocycles. The van der Waals surface area contributed by atoms with E-state index >= 15 is 0 Å². The minimum absolute atomic E-state index is 0.119. The molecule has 0 saturated heterocycles. The molecular formula is C21H27NO2. The van der Waals surface area contributed by atoms with Gasteiger partial charge < -0.3 is 10.1 Å². The summed E-state index contributed by atoms with van der Waals surface area (Å²) in [6.45, 7) is 5.44. The second-order valence-corrected chi connectivity index (χ2v) is 5.98. The van der Waals surface area contributed by atoms with Gasteiger partial charge in [0.15, 0.2) is 0 Å². The molecule has 0 radical (unpaired) electrons. The SMILES string of the molecule is CCOc1ccccc1CCCNC(=O)CCc1ccc(C)cc1. The van der Waals surface area contributed by atoms with Crippen LogP contribution in [0.4, 0.5) is 0 Å². The van der Waals surface area contributed by atoms with Crippen LogP contribution in [0.5, 0.6) is 5.75 Å². The van der Waals surface area contributed by atoms with Crippen molar-refractivity contribution in [3.63, 3.8) is 0 Å². The minimum Gasteiger partial charge on any atom is -0.494 e. The fourth-order valence-corrected chi connectivity index (χ4v) is 2.61. The van der Waals surface area contributed by atoms with E-state index in [0.717, 1.165) is 25.0 Å². The summed E-state index contributed by atoms with van der Waals surface area (Å²) in [4.78, 5) is 11.9. The van der Waals surface area contributed by atoms with E-state index in [0.29, 0.717) is 19.6 Å². The van der Waals surface area contributed by atoms with Crippen molar-refractivity contribution in [2.24, 2.45) is 0 Å². The molecule has 0 aliphatic carbocycles. The Hall–Kier alpha value is -2.29. The number of ether oxygens (including phenoxy) is 1. The van der Waals surface area contributed by atoms with Gasteiger partial charge in [0.1, 0.15) is 5.75 Å². The third-order valence-corrected chi connectivity index (χ3v) is 3.98. The summed E-state index contributed by atoms with van der Waals surface area (Å²) >= 11 is 0. The van der Waals surface area contributed by atoms with Crippen LogP contribution in [-0.2, 0) is 17.6 Å². The molecule has 3 nitrogen and oxygen atoms in total. The van der Waals surface area contributed by atoms with Crippen LogP contribution in [0.15, 0.2) is 48.5 Å². The molecule has 0 atom stereocenters. The van der Waals surface area contributed by atoms with Crippen molar-refractivity contribution in [2.75, 3.05) is 13.2 Å². The summed E-state index contributed by atoms with van der Waals surface area (Å²) in [6, 6.07) is 16.5. The predicted octanol–water partition coefficient (Wildman–Crippen LogP) is 4.08. The van der Waals surface area contributed by atoms with Crippen molar-refractivity contribution in [1.82, 2.24) is 5.32 Å². The molecule has 3 heteroatoms. The standard InChI is InChI=1S/C21H27NO2/c1-3-24-20-9-5-4-7-19(20)8-6-16-22-21(23)15-14-18-12-10-17(2)11-13-18/h4-5,7,9-13H,3,6,8,14-16H2,1-2H3,(H,22,23). The molecule has 0 aliphatic rings. The molecule has 0 bridgehead atoms. The molecule has 2 aromatic carbocycles. The van der Waals surface area contributed by atoms with Gasteiger partial charge in [-0.25, -0.2) is 0 Å². The van der Waals surface area contributed by atoms with Crippen molar-refractivity contribution >= 4 is 5.91 Å². The lowest BCUT2D eigenvalue weighted by molar-refractivity contribution is -0.121. The average Bonchev–Trinajstić information content (AvgIpc) is 2.60. The van der Waals surface area contributed by atoms with Crippen molar-refractivity contribution in [2.45, 2.75) is 39.5 Å². The molecule has 0 fully saturated rings. The average molecular weight is 325 g/mol. The molecule has 2 rings (SSSR count). The largest absolute Gasteiger partial charge is 0.494 e. The van der Waals surface area contributed by atoms with Gasteiger partial charge in [-0.2, -0.15) is 0 Å². The van der Waals surface area contributed by atoms with Crippen molar-refractivity contribution < 1.29 is 9.53 Å². The maximum absolute atomic E-state index is 11.9. The molecular weight excluding hydrogens is 298 g/mol. The van der Waals surface area contributed by atoms with E-state index in [1.807, 2.05) is 25.1 Å². The number of nitrogens with one attached hydrogen (secondary N) is 1. The number of hydrogen-bond acceptors (Lipinski definition) is 2. The molecule has 0 heterocycles. The molecule has 0 saturated carbocycles. The summed E-state index contributed by atoms with van der Waals surface area (Å²) in [7, 11) is 0. The van der Waals surface area contributed by atoms with Gasteiger partial charge in [0.25, 0.3) is 0 Å². The normalized spacial score (nSPS) is 10.4. The van der Waals surface area contributed by atoms with Crippen LogP contribution in [0, 0.1) is 6.92 Å². The minimum atomic E-state index is 0.119. The first-order valence-corrected chi connectivity index (χ1v) is 8.72. The Labute approximate surface area is 145 Å². The highest BCUT2D eigenvalue weighted by Crippen LogP contribution is 2.19. The van der Waals surface area contributed by atoms with Gasteiger partial charge in [0.05, 0.1) is 6.61 Å². The summed E-state index contributed by atoms with van der Waals surface area (Å²) in [5, 5.41) is 3.01. The first-order chi connectivity index (χ1) is 11.7. The van der Waals surface area contributed by atoms with Crippen LogP contribution in [0.2, 0.25) is 0 Å². The van der Waals surface area contributed by atoms with Crippen LogP contribution >= 0.6 is 0 Å². The maximum atomic E-state index is 11.9. The highest BCUT2D eigenvalue weighted by atomic mass is 16.5. The zero-order chi connectivity index (χ0) is 17.2. The highest BCUT2D eigenvalue weighted by Gasteiger charge is 2.04. The van der Waals surface area contributed by atoms with Crippen LogP contribution in [0.1, 0.15) is 36.5 Å². The van der Waals surface area contributed by atoms with Gasteiger partial charge in [-0.15, -0.1) is 0 Å². The first kappa shape index (κ1) is 18.1. The fourth-order valence-electron chi connectivity index (χ4n) is 2.61. The summed E-state index contributed by atoms with van der Waals surface area (Å²) in [5.41, 5.74) is 3.66.